The lowest BCUT2D eigenvalue weighted by molar-refractivity contribution is -0.160. The van der Waals surface area contributed by atoms with Gasteiger partial charge in [0.15, 0.2) is 12.3 Å². The highest BCUT2D eigenvalue weighted by Gasteiger charge is 2.56. The van der Waals surface area contributed by atoms with Crippen molar-refractivity contribution >= 4 is 20.3 Å². The molecule has 1 aromatic heterocycles. The molecule has 4 atom stereocenters. The largest absolute Gasteiger partial charge is 0.497 e. The molecule has 1 aliphatic heterocycles. The molecule has 5 rings (SSSR count). The lowest BCUT2D eigenvalue weighted by Crippen LogP contribution is -2.54. The van der Waals surface area contributed by atoms with E-state index in [0.29, 0.717) is 11.5 Å². The number of rotatable bonds is 21. The number of aromatic nitrogens is 2. The molecule has 1 fully saturated rings. The first-order valence-electron chi connectivity index (χ1n) is 22.3. The van der Waals surface area contributed by atoms with E-state index >= 15 is 0 Å². The van der Waals surface area contributed by atoms with Crippen LogP contribution in [0.2, 0.25) is 16.6 Å². The highest BCUT2D eigenvalue weighted by molar-refractivity contribution is 6.77. The second-order valence-corrected chi connectivity index (χ2v) is 22.2. The minimum absolute atomic E-state index is 0.0833. The van der Waals surface area contributed by atoms with E-state index in [1.807, 2.05) is 78.9 Å². The van der Waals surface area contributed by atoms with E-state index in [2.05, 4.69) is 72.2 Å². The third-order valence-electron chi connectivity index (χ3n) is 12.2. The monoisotopic (exact) mass is 903 g/mol. The summed E-state index contributed by atoms with van der Waals surface area (Å²) in [6, 6.07) is 25.9. The van der Waals surface area contributed by atoms with Crippen LogP contribution in [0.25, 0.3) is 0 Å². The van der Waals surface area contributed by atoms with Crippen molar-refractivity contribution in [2.24, 2.45) is 0 Å². The van der Waals surface area contributed by atoms with E-state index < -0.39 is 74.5 Å². The second kappa shape index (κ2) is 23.7. The Morgan fingerprint density at radius 1 is 0.750 bits per heavy atom. The average molecular weight is 904 g/mol. The van der Waals surface area contributed by atoms with Gasteiger partial charge >= 0.3 is 17.6 Å². The molecule has 3 aromatic carbocycles. The van der Waals surface area contributed by atoms with Crippen LogP contribution in [0.5, 0.6) is 11.5 Å². The van der Waals surface area contributed by atoms with Crippen molar-refractivity contribution in [3.8, 4) is 11.5 Å². The summed E-state index contributed by atoms with van der Waals surface area (Å²) in [6.45, 7) is 22.6. The molecule has 0 bridgehead atoms. The number of methoxy groups -OCH3 is 2. The summed E-state index contributed by atoms with van der Waals surface area (Å²) in [5.74, 6) is -0.641. The molecule has 4 aromatic rings. The van der Waals surface area contributed by atoms with Crippen LogP contribution in [-0.2, 0) is 33.8 Å². The Balaban J connectivity index is 0.00000118. The Kier molecular flexibility index (Phi) is 19.1. The number of benzene rings is 3. The summed E-state index contributed by atoms with van der Waals surface area (Å²) in [5, 5.41) is 9.42. The van der Waals surface area contributed by atoms with Gasteiger partial charge in [0.25, 0.3) is 5.56 Å². The number of aromatic amines is 1. The fraction of sp³-hybridized carbons (Fsp3) is 0.510. The summed E-state index contributed by atoms with van der Waals surface area (Å²) in [6.07, 6.45) is -3.96. The molecule has 350 valence electrons. The number of carboxylic acid groups (broad SMARTS) is 1. The van der Waals surface area contributed by atoms with E-state index in [-0.39, 0.29) is 23.2 Å². The molecule has 0 amide bonds. The first-order chi connectivity index (χ1) is 30.5. The molecular formula is C49H69N3O11Si. The van der Waals surface area contributed by atoms with Crippen molar-refractivity contribution < 1.29 is 42.8 Å². The maximum absolute atomic E-state index is 13.5. The molecule has 15 heteroatoms. The van der Waals surface area contributed by atoms with Crippen LogP contribution >= 0.6 is 0 Å². The fourth-order valence-corrected chi connectivity index (χ4v) is 14.5. The highest BCUT2D eigenvalue weighted by Crippen LogP contribution is 2.48. The number of nitrogens with one attached hydrogen (secondary N) is 1. The zero-order valence-electron chi connectivity index (χ0n) is 39.4. The summed E-state index contributed by atoms with van der Waals surface area (Å²) in [5.41, 5.74) is -0.0825. The smallest absolute Gasteiger partial charge is 0.330 e. The average Bonchev–Trinajstić information content (AvgIpc) is 3.61. The SMILES string of the molecule is CCN(CC)CC.COc1ccc(C(OC[C@H]2O[C@@H](n3ccc(=O)[nH]c3=O)[C@H](O[Si](C(C)C)(C(C)C)C(C)C)[C@@H]2OC(=O)CCC(=O)O)(c2ccccc2)c2ccc(OC)cc2)cc1. The van der Waals surface area contributed by atoms with Crippen molar-refractivity contribution in [1.29, 1.82) is 0 Å². The van der Waals surface area contributed by atoms with Gasteiger partial charge in [0.2, 0.25) is 8.32 Å². The molecule has 14 nitrogen and oxygen atoms in total. The molecule has 0 radical (unpaired) electrons. The molecule has 0 spiro atoms. The van der Waals surface area contributed by atoms with E-state index in [4.69, 9.17) is 28.1 Å². The molecule has 2 heterocycles. The van der Waals surface area contributed by atoms with Gasteiger partial charge in [-0.3, -0.25) is 23.9 Å². The number of H-pyrrole nitrogens is 1. The molecule has 0 aliphatic carbocycles. The van der Waals surface area contributed by atoms with Gasteiger partial charge in [-0.15, -0.1) is 0 Å². The molecule has 0 saturated carbocycles. The van der Waals surface area contributed by atoms with Crippen molar-refractivity contribution in [1.82, 2.24) is 14.5 Å². The maximum atomic E-state index is 13.5. The van der Waals surface area contributed by atoms with E-state index in [1.165, 1.54) is 36.5 Å². The Bertz CT molecular complexity index is 2100. The van der Waals surface area contributed by atoms with Gasteiger partial charge in [0.1, 0.15) is 29.3 Å². The number of aliphatic carboxylic acids is 1. The second-order valence-electron chi connectivity index (χ2n) is 16.8. The first kappa shape index (κ1) is 51.6. The third kappa shape index (κ3) is 12.0. The van der Waals surface area contributed by atoms with Crippen molar-refractivity contribution in [3.05, 3.63) is 129 Å². The number of ether oxygens (including phenoxy) is 5. The topological polar surface area (TPSA) is 168 Å². The number of carbonyl (C=O) groups excluding carboxylic acids is 1. The minimum Gasteiger partial charge on any atom is -0.497 e. The predicted octanol–water partition coefficient (Wildman–Crippen LogP) is 8.15. The van der Waals surface area contributed by atoms with Crippen LogP contribution in [0.1, 0.15) is 98.1 Å². The number of carbonyl (C=O) groups is 2. The van der Waals surface area contributed by atoms with Crippen LogP contribution in [0.15, 0.2) is 101 Å². The highest BCUT2D eigenvalue weighted by atomic mass is 28.4. The van der Waals surface area contributed by atoms with Crippen LogP contribution < -0.4 is 20.7 Å². The maximum Gasteiger partial charge on any atom is 0.330 e. The van der Waals surface area contributed by atoms with Gasteiger partial charge in [-0.25, -0.2) is 4.79 Å². The first-order valence-corrected chi connectivity index (χ1v) is 24.4. The number of nitrogens with zero attached hydrogens (tertiary/aromatic N) is 2. The molecule has 2 N–H and O–H groups in total. The van der Waals surface area contributed by atoms with Gasteiger partial charge in [-0.05, 0) is 77.2 Å². The van der Waals surface area contributed by atoms with Gasteiger partial charge < -0.3 is 38.1 Å². The Labute approximate surface area is 378 Å². The van der Waals surface area contributed by atoms with Crippen molar-refractivity contribution in [2.45, 2.75) is 122 Å². The quantitative estimate of drug-likeness (QED) is 0.0469. The van der Waals surface area contributed by atoms with E-state index in [1.54, 1.807) is 14.2 Å². The van der Waals surface area contributed by atoms with E-state index in [0.717, 1.165) is 16.7 Å². The summed E-state index contributed by atoms with van der Waals surface area (Å²) < 4.78 is 39.7. The number of hydrogen-bond acceptors (Lipinski definition) is 11. The van der Waals surface area contributed by atoms with Crippen molar-refractivity contribution in [3.63, 3.8) is 0 Å². The Morgan fingerprint density at radius 3 is 1.67 bits per heavy atom. The van der Waals surface area contributed by atoms with Crippen LogP contribution in [0, 0.1) is 0 Å². The zero-order chi connectivity index (χ0) is 47.2. The molecular weight excluding hydrogens is 835 g/mol. The van der Waals surface area contributed by atoms with E-state index in [9.17, 15) is 24.3 Å². The van der Waals surface area contributed by atoms with Crippen LogP contribution in [0.4, 0.5) is 0 Å². The van der Waals surface area contributed by atoms with Gasteiger partial charge in [-0.2, -0.15) is 0 Å². The molecule has 1 aliphatic rings. The molecule has 0 unspecified atom stereocenters. The predicted molar refractivity (Wildman–Crippen MR) is 250 cm³/mol. The van der Waals surface area contributed by atoms with Crippen LogP contribution in [0.3, 0.4) is 0 Å². The van der Waals surface area contributed by atoms with Crippen molar-refractivity contribution in [2.75, 3.05) is 40.5 Å². The number of hydrogen-bond donors (Lipinski definition) is 2. The third-order valence-corrected chi connectivity index (χ3v) is 18.3. The number of carboxylic acids is 1. The zero-order valence-corrected chi connectivity index (χ0v) is 40.4. The van der Waals surface area contributed by atoms with Gasteiger partial charge in [0.05, 0.1) is 33.7 Å². The molecule has 64 heavy (non-hydrogen) atoms. The standard InChI is InChI=1S/C43H54N2O11Si.C6H15N/c1-27(2)57(28(3)4,29(5)6)56-40-39(55-38(49)23-22-37(47)48)35(54-41(40)45-25-24-36(46)44-42(45)50)26-53-43(30-12-10-9-11-13-30,31-14-18-33(51-7)19-15-31)32-16-20-34(52-8)21-17-32;1-4-7(5-2)6-3/h9-21,24-25,27-29,35,39-41H,22-23,26H2,1-8H3,(H,47,48)(H,44,46,50);4-6H2,1-3H3/t35-,39-,40-,41-;/m1./s1. The minimum atomic E-state index is -2.81. The normalized spacial score (nSPS) is 17.7. The van der Waals surface area contributed by atoms with Crippen LogP contribution in [-0.4, -0.2) is 98.6 Å². The molecule has 1 saturated heterocycles. The summed E-state index contributed by atoms with van der Waals surface area (Å²) in [7, 11) is 0.373. The fourth-order valence-electron chi connectivity index (χ4n) is 8.98. The summed E-state index contributed by atoms with van der Waals surface area (Å²) >= 11 is 0. The lowest BCUT2D eigenvalue weighted by atomic mass is 9.80. The Morgan fingerprint density at radius 2 is 1.25 bits per heavy atom. The summed E-state index contributed by atoms with van der Waals surface area (Å²) in [4.78, 5) is 55.5. The Hall–Kier alpha value is -5.06. The number of esters is 1. The lowest BCUT2D eigenvalue weighted by Gasteiger charge is -2.45. The van der Waals surface area contributed by atoms with Gasteiger partial charge in [0, 0.05) is 12.3 Å². The van der Waals surface area contributed by atoms with Gasteiger partial charge in [-0.1, -0.05) is 117 Å².